The van der Waals surface area contributed by atoms with Gasteiger partial charge < -0.3 is 10.1 Å². The predicted molar refractivity (Wildman–Crippen MR) is 78.2 cm³/mol. The summed E-state index contributed by atoms with van der Waals surface area (Å²) in [4.78, 5) is 0. The highest BCUT2D eigenvalue weighted by Gasteiger charge is 2.43. The Morgan fingerprint density at radius 1 is 1.17 bits per heavy atom. The first-order chi connectivity index (χ1) is 8.83. The fourth-order valence-electron chi connectivity index (χ4n) is 4.12. The highest BCUT2D eigenvalue weighted by Crippen LogP contribution is 2.43. The van der Waals surface area contributed by atoms with Crippen molar-refractivity contribution in [3.63, 3.8) is 0 Å². The zero-order valence-corrected chi connectivity index (χ0v) is 12.4. The van der Waals surface area contributed by atoms with Crippen LogP contribution in [-0.4, -0.2) is 36.8 Å². The molecule has 0 radical (unpaired) electrons. The predicted octanol–water partition coefficient (Wildman–Crippen LogP) is 3.07. The monoisotopic (exact) mass is 269 g/mol. The van der Waals surface area contributed by atoms with Gasteiger partial charge in [-0.15, -0.1) is 0 Å². The first-order valence-electron chi connectivity index (χ1n) is 7.72. The molecule has 0 aromatic rings. The van der Waals surface area contributed by atoms with Crippen molar-refractivity contribution in [2.75, 3.05) is 25.2 Å². The summed E-state index contributed by atoms with van der Waals surface area (Å²) in [5.41, 5.74) is 0.257. The Kier molecular flexibility index (Phi) is 4.21. The van der Waals surface area contributed by atoms with Crippen LogP contribution >= 0.6 is 11.8 Å². The van der Waals surface area contributed by atoms with E-state index in [9.17, 15) is 0 Å². The summed E-state index contributed by atoms with van der Waals surface area (Å²) in [5.74, 6) is 4.42. The molecular weight excluding hydrogens is 242 g/mol. The topological polar surface area (TPSA) is 21.3 Å². The van der Waals surface area contributed by atoms with E-state index in [0.29, 0.717) is 0 Å². The maximum atomic E-state index is 6.22. The number of hydrogen-bond donors (Lipinski definition) is 1. The zero-order chi connectivity index (χ0) is 12.4. The van der Waals surface area contributed by atoms with Crippen molar-refractivity contribution in [3.8, 4) is 0 Å². The van der Waals surface area contributed by atoms with Crippen LogP contribution in [0.3, 0.4) is 0 Å². The average molecular weight is 269 g/mol. The van der Waals surface area contributed by atoms with E-state index in [-0.39, 0.29) is 5.60 Å². The second-order valence-corrected chi connectivity index (χ2v) is 7.63. The van der Waals surface area contributed by atoms with Crippen LogP contribution in [0.25, 0.3) is 0 Å². The quantitative estimate of drug-likeness (QED) is 0.851. The third-order valence-corrected chi connectivity index (χ3v) is 6.42. The number of hydrogen-bond acceptors (Lipinski definition) is 3. The Balaban J connectivity index is 1.64. The Hall–Kier alpha value is 0.270. The third-order valence-electron chi connectivity index (χ3n) is 5.43. The maximum Gasteiger partial charge on any atom is 0.0701 e. The van der Waals surface area contributed by atoms with Crippen LogP contribution in [-0.2, 0) is 4.74 Å². The summed E-state index contributed by atoms with van der Waals surface area (Å²) in [7, 11) is 2.17. The first kappa shape index (κ1) is 13.3. The Bertz CT molecular complexity index is 268. The van der Waals surface area contributed by atoms with Crippen molar-refractivity contribution in [2.45, 2.75) is 56.6 Å². The zero-order valence-electron chi connectivity index (χ0n) is 11.6. The molecule has 2 aliphatic heterocycles. The molecule has 0 bridgehead atoms. The molecule has 2 atom stereocenters. The molecule has 1 aliphatic carbocycles. The lowest BCUT2D eigenvalue weighted by atomic mass is 9.69. The van der Waals surface area contributed by atoms with Gasteiger partial charge in [-0.2, -0.15) is 11.8 Å². The SMILES string of the molecule is CNC(C1CCC1)C1CCOC2(CCSCC2)C1. The molecule has 2 unspecified atom stereocenters. The van der Waals surface area contributed by atoms with E-state index in [1.807, 2.05) is 0 Å². The van der Waals surface area contributed by atoms with E-state index in [1.165, 1.54) is 56.5 Å². The van der Waals surface area contributed by atoms with Gasteiger partial charge in [0.25, 0.3) is 0 Å². The minimum absolute atomic E-state index is 0.257. The smallest absolute Gasteiger partial charge is 0.0701 e. The molecule has 3 heteroatoms. The molecule has 3 aliphatic rings. The van der Waals surface area contributed by atoms with Gasteiger partial charge in [-0.05, 0) is 68.9 Å². The van der Waals surface area contributed by atoms with Crippen LogP contribution in [0.2, 0.25) is 0 Å². The lowest BCUT2D eigenvalue weighted by molar-refractivity contribution is -0.111. The summed E-state index contributed by atoms with van der Waals surface area (Å²) in [5, 5.41) is 3.63. The maximum absolute atomic E-state index is 6.22. The van der Waals surface area contributed by atoms with Crippen LogP contribution < -0.4 is 5.32 Å². The molecule has 2 saturated heterocycles. The van der Waals surface area contributed by atoms with Crippen molar-refractivity contribution in [2.24, 2.45) is 11.8 Å². The highest BCUT2D eigenvalue weighted by atomic mass is 32.2. The Labute approximate surface area is 116 Å². The summed E-state index contributed by atoms with van der Waals surface area (Å²) < 4.78 is 6.22. The fraction of sp³-hybridized carbons (Fsp3) is 1.00. The Morgan fingerprint density at radius 2 is 1.94 bits per heavy atom. The van der Waals surface area contributed by atoms with E-state index in [0.717, 1.165) is 24.5 Å². The number of thioether (sulfide) groups is 1. The molecule has 0 amide bonds. The van der Waals surface area contributed by atoms with Gasteiger partial charge >= 0.3 is 0 Å². The lowest BCUT2D eigenvalue weighted by Crippen LogP contribution is -2.51. The molecule has 104 valence electrons. The third kappa shape index (κ3) is 2.59. The molecule has 3 rings (SSSR count). The van der Waals surface area contributed by atoms with Crippen LogP contribution in [0.5, 0.6) is 0 Å². The fourth-order valence-corrected chi connectivity index (χ4v) is 5.36. The second kappa shape index (κ2) is 5.72. The van der Waals surface area contributed by atoms with E-state index < -0.39 is 0 Å². The van der Waals surface area contributed by atoms with Gasteiger partial charge in [0.2, 0.25) is 0 Å². The number of rotatable bonds is 3. The summed E-state index contributed by atoms with van der Waals surface area (Å²) >= 11 is 2.10. The van der Waals surface area contributed by atoms with E-state index in [2.05, 4.69) is 24.1 Å². The van der Waals surface area contributed by atoms with Gasteiger partial charge in [0.1, 0.15) is 0 Å². The molecule has 2 nitrogen and oxygen atoms in total. The van der Waals surface area contributed by atoms with Crippen LogP contribution in [0.4, 0.5) is 0 Å². The van der Waals surface area contributed by atoms with Gasteiger partial charge in [-0.1, -0.05) is 6.42 Å². The molecular formula is C15H27NOS. The molecule has 1 saturated carbocycles. The van der Waals surface area contributed by atoms with Gasteiger partial charge in [0.05, 0.1) is 5.60 Å². The molecule has 1 spiro atoms. The van der Waals surface area contributed by atoms with Crippen LogP contribution in [0, 0.1) is 11.8 Å². The van der Waals surface area contributed by atoms with Gasteiger partial charge in [0, 0.05) is 12.6 Å². The number of ether oxygens (including phenoxy) is 1. The Morgan fingerprint density at radius 3 is 2.56 bits per heavy atom. The normalized spacial score (nSPS) is 34.2. The molecule has 0 aromatic carbocycles. The largest absolute Gasteiger partial charge is 0.375 e. The molecule has 18 heavy (non-hydrogen) atoms. The highest BCUT2D eigenvalue weighted by molar-refractivity contribution is 7.99. The van der Waals surface area contributed by atoms with Crippen molar-refractivity contribution >= 4 is 11.8 Å². The average Bonchev–Trinajstić information content (AvgIpc) is 2.34. The first-order valence-corrected chi connectivity index (χ1v) is 8.87. The van der Waals surface area contributed by atoms with Gasteiger partial charge in [0.15, 0.2) is 0 Å². The van der Waals surface area contributed by atoms with E-state index in [4.69, 9.17) is 4.74 Å². The molecule has 1 N–H and O–H groups in total. The van der Waals surface area contributed by atoms with Crippen molar-refractivity contribution in [1.29, 1.82) is 0 Å². The molecule has 0 aromatic heterocycles. The standard InChI is InChI=1S/C15H27NOS/c1-16-14(12-3-2-4-12)13-5-8-17-15(11-13)6-9-18-10-7-15/h12-14,16H,2-11H2,1H3. The molecule has 2 heterocycles. The number of nitrogens with one attached hydrogen (secondary N) is 1. The van der Waals surface area contributed by atoms with Gasteiger partial charge in [-0.3, -0.25) is 0 Å². The van der Waals surface area contributed by atoms with Crippen molar-refractivity contribution in [3.05, 3.63) is 0 Å². The van der Waals surface area contributed by atoms with Crippen molar-refractivity contribution in [1.82, 2.24) is 5.32 Å². The second-order valence-electron chi connectivity index (χ2n) is 6.40. The summed E-state index contributed by atoms with van der Waals surface area (Å²) in [6.07, 6.45) is 9.52. The lowest BCUT2D eigenvalue weighted by Gasteiger charge is -2.48. The minimum atomic E-state index is 0.257. The minimum Gasteiger partial charge on any atom is -0.375 e. The summed E-state index contributed by atoms with van der Waals surface area (Å²) in [6, 6.07) is 0.758. The molecule has 3 fully saturated rings. The van der Waals surface area contributed by atoms with E-state index >= 15 is 0 Å². The van der Waals surface area contributed by atoms with Crippen LogP contribution in [0.15, 0.2) is 0 Å². The van der Waals surface area contributed by atoms with Crippen molar-refractivity contribution < 1.29 is 4.74 Å². The van der Waals surface area contributed by atoms with Gasteiger partial charge in [-0.25, -0.2) is 0 Å². The van der Waals surface area contributed by atoms with Crippen LogP contribution in [0.1, 0.15) is 44.9 Å². The van der Waals surface area contributed by atoms with E-state index in [1.54, 1.807) is 0 Å². The summed E-state index contributed by atoms with van der Waals surface area (Å²) in [6.45, 7) is 1.00.